The second-order valence-corrected chi connectivity index (χ2v) is 18.2. The van der Waals surface area contributed by atoms with E-state index in [4.69, 9.17) is 18.4 Å². The smallest absolute Gasteiger partial charge is 0.427 e. The fourth-order valence-electron chi connectivity index (χ4n) is 8.18. The number of ether oxygens (including phenoxy) is 3. The number of pyridine rings is 1. The van der Waals surface area contributed by atoms with E-state index in [0.29, 0.717) is 69.9 Å². The predicted molar refractivity (Wildman–Crippen MR) is 203 cm³/mol. The van der Waals surface area contributed by atoms with Crippen LogP contribution in [0.15, 0.2) is 30.5 Å². The number of rotatable bonds is 13. The van der Waals surface area contributed by atoms with Crippen LogP contribution in [0.4, 0.5) is 18.0 Å². The first-order valence-electron chi connectivity index (χ1n) is 19.7. The van der Waals surface area contributed by atoms with Gasteiger partial charge >= 0.3 is 22.6 Å². The number of benzene rings is 1. The van der Waals surface area contributed by atoms with Crippen molar-refractivity contribution in [1.82, 2.24) is 25.2 Å². The molecule has 0 spiro atoms. The van der Waals surface area contributed by atoms with Crippen molar-refractivity contribution < 1.29 is 59.2 Å². The van der Waals surface area contributed by atoms with Gasteiger partial charge in [-0.3, -0.25) is 14.4 Å². The van der Waals surface area contributed by atoms with Crippen LogP contribution in [0.25, 0.3) is 10.8 Å². The van der Waals surface area contributed by atoms with Gasteiger partial charge in [-0.15, -0.1) is 0 Å². The van der Waals surface area contributed by atoms with Crippen molar-refractivity contribution in [3.63, 3.8) is 0 Å². The lowest BCUT2D eigenvalue weighted by molar-refractivity contribution is -0.244. The number of aromatic nitrogens is 1. The lowest BCUT2D eigenvalue weighted by Crippen LogP contribution is -2.64. The number of nitrogens with zero attached hydrogens (tertiary/aromatic N) is 2. The van der Waals surface area contributed by atoms with Gasteiger partial charge in [-0.05, 0) is 101 Å². The van der Waals surface area contributed by atoms with Crippen molar-refractivity contribution in [1.29, 1.82) is 0 Å². The van der Waals surface area contributed by atoms with E-state index < -0.39 is 81.1 Å². The molecule has 3 N–H and O–H groups in total. The number of nitrogens with one attached hydrogen (secondary N) is 3. The van der Waals surface area contributed by atoms with Gasteiger partial charge in [-0.2, -0.15) is 21.6 Å². The zero-order valence-electron chi connectivity index (χ0n) is 33.3. The minimum absolute atomic E-state index is 0.0917. The molecule has 2 unspecified atom stereocenters. The normalized spacial score (nSPS) is 25.4. The summed E-state index contributed by atoms with van der Waals surface area (Å²) in [6.07, 6.45) is -1.06. The number of methoxy groups -OCH3 is 1. The van der Waals surface area contributed by atoms with E-state index >= 15 is 0 Å². The Hall–Kier alpha value is -4.39. The molecule has 19 heteroatoms. The van der Waals surface area contributed by atoms with E-state index in [1.165, 1.54) is 18.2 Å². The van der Waals surface area contributed by atoms with Gasteiger partial charge in [0.1, 0.15) is 29.5 Å². The topological polar surface area (TPSA) is 192 Å². The molecule has 58 heavy (non-hydrogen) atoms. The van der Waals surface area contributed by atoms with E-state index in [-0.39, 0.29) is 37.6 Å². The van der Waals surface area contributed by atoms with Crippen LogP contribution in [-0.4, -0.2) is 96.9 Å². The molecule has 1 aromatic heterocycles. The number of carbonyl (C=O) groups is 4. The van der Waals surface area contributed by atoms with Crippen LogP contribution in [-0.2, 0) is 33.6 Å². The summed E-state index contributed by atoms with van der Waals surface area (Å²) in [5, 5.41) is 6.57. The number of amides is 4. The van der Waals surface area contributed by atoms with Crippen molar-refractivity contribution in [2.45, 2.75) is 139 Å². The lowest BCUT2D eigenvalue weighted by Gasteiger charge is -2.40. The average Bonchev–Trinajstić information content (AvgIpc) is 3.48. The molecule has 4 fully saturated rings. The molecular formula is C39H52F3N5O10S. The fraction of sp³-hybridized carbons (Fsp3) is 0.667. The second kappa shape index (κ2) is 16.3. The first kappa shape index (κ1) is 43.2. The van der Waals surface area contributed by atoms with Crippen LogP contribution in [0.1, 0.15) is 98.3 Å². The first-order valence-corrected chi connectivity index (χ1v) is 21.1. The van der Waals surface area contributed by atoms with E-state index in [1.807, 2.05) is 11.6 Å². The molecule has 1 saturated heterocycles. The van der Waals surface area contributed by atoms with Crippen LogP contribution >= 0.6 is 0 Å². The molecule has 3 saturated carbocycles. The van der Waals surface area contributed by atoms with Crippen LogP contribution in [0, 0.1) is 11.8 Å². The summed E-state index contributed by atoms with van der Waals surface area (Å²) < 4.78 is 90.7. The Balaban J connectivity index is 1.31. The summed E-state index contributed by atoms with van der Waals surface area (Å²) >= 11 is 0. The second-order valence-electron chi connectivity index (χ2n) is 16.9. The molecule has 320 valence electrons. The third-order valence-corrected chi connectivity index (χ3v) is 12.8. The highest BCUT2D eigenvalue weighted by Gasteiger charge is 2.53. The Bertz CT molecular complexity index is 2010. The summed E-state index contributed by atoms with van der Waals surface area (Å²) in [7, 11) is -3.02. The van der Waals surface area contributed by atoms with E-state index in [9.17, 15) is 40.8 Å². The molecule has 0 bridgehead atoms. The van der Waals surface area contributed by atoms with Gasteiger partial charge in [0.15, 0.2) is 0 Å². The molecule has 1 aliphatic heterocycles. The zero-order valence-corrected chi connectivity index (χ0v) is 34.1. The standard InChI is InChI=1S/C39H52F3N5O10S/c1-23-9-8-15-38(21-23,34(50)46-58(52,53)57-37(4)16-17-37)45-31(48)29-20-27(55-32-28-13-12-26(54-5)19-25(28)14-18-43-32)22-47(29)33(49)30(24-10-6-7-11-24)44-35(51)56-36(2,3)39(40,41)42/h12-14,18-19,23-24,27,29-30H,6-11,15-17,20-22H2,1-5H3,(H,44,51)(H,45,48)(H,46,50)/t23-,27?,29+,30?,38-/m1/s1. The maximum atomic E-state index is 14.7. The van der Waals surface area contributed by atoms with Gasteiger partial charge in [0.25, 0.3) is 5.91 Å². The minimum atomic E-state index is -4.90. The third-order valence-electron chi connectivity index (χ3n) is 11.8. The number of fused-ring (bicyclic) bond motifs is 1. The molecule has 5 atom stereocenters. The van der Waals surface area contributed by atoms with Crippen molar-refractivity contribution >= 4 is 44.9 Å². The number of halogens is 3. The molecular weight excluding hydrogens is 788 g/mol. The number of likely N-dealkylation sites (tertiary alicyclic amines) is 1. The maximum Gasteiger partial charge on any atom is 0.427 e. The van der Waals surface area contributed by atoms with Crippen LogP contribution in [0.3, 0.4) is 0 Å². The number of hydrogen-bond acceptors (Lipinski definition) is 11. The monoisotopic (exact) mass is 839 g/mol. The van der Waals surface area contributed by atoms with Gasteiger partial charge in [-0.1, -0.05) is 32.6 Å². The Morgan fingerprint density at radius 1 is 1.02 bits per heavy atom. The highest BCUT2D eigenvalue weighted by Crippen LogP contribution is 2.41. The molecule has 3 aliphatic carbocycles. The average molecular weight is 840 g/mol. The quantitative estimate of drug-likeness (QED) is 0.240. The van der Waals surface area contributed by atoms with E-state index in [0.717, 1.165) is 11.8 Å². The summed E-state index contributed by atoms with van der Waals surface area (Å²) in [6, 6.07) is 4.33. The largest absolute Gasteiger partial charge is 0.497 e. The molecule has 4 aliphatic rings. The van der Waals surface area contributed by atoms with Gasteiger partial charge in [-0.25, -0.2) is 18.7 Å². The Morgan fingerprint density at radius 2 is 1.72 bits per heavy atom. The van der Waals surface area contributed by atoms with Gasteiger partial charge in [0.2, 0.25) is 23.3 Å². The fourth-order valence-corrected chi connectivity index (χ4v) is 9.34. The van der Waals surface area contributed by atoms with Crippen molar-refractivity contribution in [3.05, 3.63) is 30.5 Å². The predicted octanol–water partition coefficient (Wildman–Crippen LogP) is 5.21. The Labute approximate surface area is 335 Å². The summed E-state index contributed by atoms with van der Waals surface area (Å²) in [5.74, 6) is -2.29. The van der Waals surface area contributed by atoms with Crippen molar-refractivity contribution in [2.75, 3.05) is 13.7 Å². The van der Waals surface area contributed by atoms with E-state index in [2.05, 4.69) is 15.6 Å². The molecule has 1 aromatic carbocycles. The summed E-state index contributed by atoms with van der Waals surface area (Å²) in [4.78, 5) is 62.0. The third kappa shape index (κ3) is 9.72. The molecule has 6 rings (SSSR count). The number of hydrogen-bond donors (Lipinski definition) is 3. The summed E-state index contributed by atoms with van der Waals surface area (Å²) in [6.45, 7) is 4.68. The highest BCUT2D eigenvalue weighted by molar-refractivity contribution is 7.85. The maximum absolute atomic E-state index is 14.7. The molecule has 2 heterocycles. The minimum Gasteiger partial charge on any atom is -0.497 e. The van der Waals surface area contributed by atoms with Gasteiger partial charge in [0.05, 0.1) is 19.3 Å². The Kier molecular flexibility index (Phi) is 12.2. The lowest BCUT2D eigenvalue weighted by atomic mass is 9.75. The van der Waals surface area contributed by atoms with Crippen LogP contribution in [0.5, 0.6) is 11.6 Å². The van der Waals surface area contributed by atoms with Gasteiger partial charge in [0, 0.05) is 18.0 Å². The van der Waals surface area contributed by atoms with Crippen LogP contribution in [0.2, 0.25) is 0 Å². The Morgan fingerprint density at radius 3 is 2.36 bits per heavy atom. The van der Waals surface area contributed by atoms with Crippen molar-refractivity contribution in [3.8, 4) is 11.6 Å². The first-order chi connectivity index (χ1) is 27.1. The van der Waals surface area contributed by atoms with E-state index in [1.54, 1.807) is 31.2 Å². The summed E-state index contributed by atoms with van der Waals surface area (Å²) in [5.41, 5.74) is -5.49. The number of alkyl carbamates (subject to hydrolysis) is 1. The highest BCUT2D eigenvalue weighted by atomic mass is 32.2. The molecule has 4 amide bonds. The van der Waals surface area contributed by atoms with Crippen molar-refractivity contribution in [2.24, 2.45) is 11.8 Å². The van der Waals surface area contributed by atoms with Gasteiger partial charge < -0.3 is 29.7 Å². The molecule has 2 aromatic rings. The molecule has 0 radical (unpaired) electrons. The molecule has 15 nitrogen and oxygen atoms in total. The number of carbonyl (C=O) groups excluding carboxylic acids is 4. The van der Waals surface area contributed by atoms with Crippen LogP contribution < -0.4 is 24.8 Å². The number of alkyl halides is 3. The zero-order chi connectivity index (χ0) is 42.3. The SMILES string of the molecule is COc1ccc2c(OC3C[C@@H](C(=O)N[C@]4(C(=O)NS(=O)(=O)OC5(C)CC5)CCC[C@@H](C)C4)N(C(=O)C(NC(=O)OC(C)(C)C(F)(F)F)C4CCCC4)C3)nccc2c1.